The van der Waals surface area contributed by atoms with E-state index < -0.39 is 28.5 Å². The first-order valence-electron chi connectivity index (χ1n) is 12.9. The quantitative estimate of drug-likeness (QED) is 0.338. The summed E-state index contributed by atoms with van der Waals surface area (Å²) in [5.74, 6) is -0.582. The van der Waals surface area contributed by atoms with E-state index in [1.165, 1.54) is 17.0 Å². The zero-order valence-electron chi connectivity index (χ0n) is 23.0. The molecule has 0 saturated heterocycles. The standard InChI is InChI=1S/C30H36ClN3O4S/c1-21(2)18-32-30(36)24(5)33(19-25-10-12-26(31)13-11-25)29(35)20-34(27-14-6-22(3)7-15-27)39(37,38)28-16-8-23(4)9-17-28/h6-17,21,24H,18-20H2,1-5H3,(H,32,36). The molecule has 0 heterocycles. The number of carbonyl (C=O) groups is 2. The van der Waals surface area contributed by atoms with E-state index in [0.717, 1.165) is 21.0 Å². The number of aryl methyl sites for hydroxylation is 2. The smallest absolute Gasteiger partial charge is 0.264 e. The van der Waals surface area contributed by atoms with Gasteiger partial charge in [-0.2, -0.15) is 0 Å². The van der Waals surface area contributed by atoms with Crippen molar-refractivity contribution in [1.82, 2.24) is 10.2 Å². The second kappa shape index (κ2) is 13.1. The molecule has 3 rings (SSSR count). The fraction of sp³-hybridized carbons (Fsp3) is 0.333. The number of hydrogen-bond acceptors (Lipinski definition) is 4. The summed E-state index contributed by atoms with van der Waals surface area (Å²) < 4.78 is 28.8. The van der Waals surface area contributed by atoms with Crippen molar-refractivity contribution in [2.75, 3.05) is 17.4 Å². The minimum atomic E-state index is -4.09. The van der Waals surface area contributed by atoms with Crippen molar-refractivity contribution in [2.24, 2.45) is 5.92 Å². The molecule has 3 aromatic rings. The molecule has 0 aliphatic heterocycles. The van der Waals surface area contributed by atoms with Crippen LogP contribution in [0.5, 0.6) is 0 Å². The van der Waals surface area contributed by atoms with E-state index >= 15 is 0 Å². The zero-order chi connectivity index (χ0) is 28.7. The summed E-state index contributed by atoms with van der Waals surface area (Å²) in [7, 11) is -4.09. The Kier molecular flexibility index (Phi) is 10.2. The van der Waals surface area contributed by atoms with E-state index in [9.17, 15) is 18.0 Å². The van der Waals surface area contributed by atoms with Crippen LogP contribution in [0.25, 0.3) is 0 Å². The molecule has 208 valence electrons. The second-order valence-electron chi connectivity index (χ2n) is 10.1. The molecule has 0 bridgehead atoms. The molecule has 2 amide bonds. The summed E-state index contributed by atoms with van der Waals surface area (Å²) in [6.07, 6.45) is 0. The van der Waals surface area contributed by atoms with Crippen molar-refractivity contribution in [3.05, 3.63) is 94.5 Å². The molecule has 7 nitrogen and oxygen atoms in total. The predicted octanol–water partition coefficient (Wildman–Crippen LogP) is 5.34. The van der Waals surface area contributed by atoms with Gasteiger partial charge in [-0.25, -0.2) is 8.42 Å². The number of nitrogens with zero attached hydrogens (tertiary/aromatic N) is 2. The van der Waals surface area contributed by atoms with Crippen LogP contribution in [0.15, 0.2) is 77.7 Å². The summed E-state index contributed by atoms with van der Waals surface area (Å²) in [5, 5.41) is 3.43. The minimum Gasteiger partial charge on any atom is -0.354 e. The fourth-order valence-corrected chi connectivity index (χ4v) is 5.44. The molecule has 0 saturated carbocycles. The molecule has 0 aliphatic carbocycles. The van der Waals surface area contributed by atoms with Gasteiger partial charge in [0.1, 0.15) is 12.6 Å². The van der Waals surface area contributed by atoms with E-state index in [1.54, 1.807) is 67.6 Å². The van der Waals surface area contributed by atoms with Crippen molar-refractivity contribution >= 4 is 39.1 Å². The van der Waals surface area contributed by atoms with E-state index in [2.05, 4.69) is 5.32 Å². The monoisotopic (exact) mass is 569 g/mol. The average molecular weight is 570 g/mol. The van der Waals surface area contributed by atoms with Gasteiger partial charge in [0.25, 0.3) is 10.0 Å². The first-order valence-corrected chi connectivity index (χ1v) is 14.7. The number of amides is 2. The lowest BCUT2D eigenvalue weighted by Gasteiger charge is -2.32. The first-order chi connectivity index (χ1) is 18.4. The third kappa shape index (κ3) is 8.07. The van der Waals surface area contributed by atoms with Crippen LogP contribution in [0.3, 0.4) is 0 Å². The Morgan fingerprint density at radius 1 is 0.846 bits per heavy atom. The second-order valence-corrected chi connectivity index (χ2v) is 12.4. The molecule has 1 unspecified atom stereocenters. The number of nitrogens with one attached hydrogen (secondary N) is 1. The maximum Gasteiger partial charge on any atom is 0.264 e. The molecule has 0 aromatic heterocycles. The Labute approximate surface area is 236 Å². The van der Waals surface area contributed by atoms with Crippen LogP contribution in [-0.2, 0) is 26.2 Å². The van der Waals surface area contributed by atoms with Crippen LogP contribution < -0.4 is 9.62 Å². The number of sulfonamides is 1. The molecule has 1 N–H and O–H groups in total. The molecule has 3 aromatic carbocycles. The van der Waals surface area contributed by atoms with E-state index in [4.69, 9.17) is 11.6 Å². The summed E-state index contributed by atoms with van der Waals surface area (Å²) in [6, 6.07) is 19.6. The lowest BCUT2D eigenvalue weighted by Crippen LogP contribution is -2.51. The van der Waals surface area contributed by atoms with Crippen molar-refractivity contribution < 1.29 is 18.0 Å². The van der Waals surface area contributed by atoms with E-state index in [0.29, 0.717) is 17.3 Å². The van der Waals surface area contributed by atoms with Crippen LogP contribution in [0.1, 0.15) is 37.5 Å². The molecule has 0 aliphatic rings. The third-order valence-corrected chi connectivity index (χ3v) is 8.37. The zero-order valence-corrected chi connectivity index (χ0v) is 24.6. The highest BCUT2D eigenvalue weighted by Gasteiger charge is 2.32. The highest BCUT2D eigenvalue weighted by molar-refractivity contribution is 7.92. The van der Waals surface area contributed by atoms with Crippen molar-refractivity contribution in [2.45, 2.75) is 52.1 Å². The summed E-state index contributed by atoms with van der Waals surface area (Å²) in [6.45, 7) is 9.48. The number of benzene rings is 3. The van der Waals surface area contributed by atoms with Crippen molar-refractivity contribution in [1.29, 1.82) is 0 Å². The van der Waals surface area contributed by atoms with Gasteiger partial charge in [-0.15, -0.1) is 0 Å². The van der Waals surface area contributed by atoms with Gasteiger partial charge in [-0.05, 0) is 68.7 Å². The minimum absolute atomic E-state index is 0.0773. The van der Waals surface area contributed by atoms with Crippen LogP contribution in [0.4, 0.5) is 5.69 Å². The molecule has 0 radical (unpaired) electrons. The number of halogens is 1. The molecule has 1 atom stereocenters. The molecule has 0 spiro atoms. The molecule has 39 heavy (non-hydrogen) atoms. The molecular weight excluding hydrogens is 534 g/mol. The summed E-state index contributed by atoms with van der Waals surface area (Å²) in [4.78, 5) is 28.4. The van der Waals surface area contributed by atoms with E-state index in [1.807, 2.05) is 27.7 Å². The van der Waals surface area contributed by atoms with Gasteiger partial charge in [0.2, 0.25) is 11.8 Å². The Morgan fingerprint density at radius 3 is 1.92 bits per heavy atom. The van der Waals surface area contributed by atoms with E-state index in [-0.39, 0.29) is 23.3 Å². The number of rotatable bonds is 11. The molecule has 9 heteroatoms. The SMILES string of the molecule is Cc1ccc(N(CC(=O)N(Cc2ccc(Cl)cc2)C(C)C(=O)NCC(C)C)S(=O)(=O)c2ccc(C)cc2)cc1. The first kappa shape index (κ1) is 30.2. The largest absolute Gasteiger partial charge is 0.354 e. The maximum absolute atomic E-state index is 13.9. The Balaban J connectivity index is 2.00. The topological polar surface area (TPSA) is 86.8 Å². The molecule has 0 fully saturated rings. The van der Waals surface area contributed by atoms with Gasteiger partial charge in [0.15, 0.2) is 0 Å². The normalized spacial score (nSPS) is 12.2. The van der Waals surface area contributed by atoms with Gasteiger partial charge in [0.05, 0.1) is 10.6 Å². The van der Waals surface area contributed by atoms with Gasteiger partial charge < -0.3 is 10.2 Å². The average Bonchev–Trinajstić information content (AvgIpc) is 2.90. The third-order valence-electron chi connectivity index (χ3n) is 6.33. The van der Waals surface area contributed by atoms with Crippen LogP contribution in [0, 0.1) is 19.8 Å². The molecular formula is C30H36ClN3O4S. The number of anilines is 1. The van der Waals surface area contributed by atoms with Gasteiger partial charge in [0, 0.05) is 18.1 Å². The Morgan fingerprint density at radius 2 is 1.38 bits per heavy atom. The van der Waals surface area contributed by atoms with Gasteiger partial charge in [-0.1, -0.05) is 73.0 Å². The maximum atomic E-state index is 13.9. The Hall–Kier alpha value is -3.36. The summed E-state index contributed by atoms with van der Waals surface area (Å²) in [5.41, 5.74) is 3.00. The van der Waals surface area contributed by atoms with Crippen LogP contribution in [0.2, 0.25) is 5.02 Å². The van der Waals surface area contributed by atoms with Gasteiger partial charge in [-0.3, -0.25) is 13.9 Å². The van der Waals surface area contributed by atoms with Crippen molar-refractivity contribution in [3.63, 3.8) is 0 Å². The van der Waals surface area contributed by atoms with Crippen LogP contribution >= 0.6 is 11.6 Å². The number of carbonyl (C=O) groups excluding carboxylic acids is 2. The lowest BCUT2D eigenvalue weighted by molar-refractivity contribution is -0.139. The lowest BCUT2D eigenvalue weighted by atomic mass is 10.1. The Bertz CT molecular complexity index is 1370. The van der Waals surface area contributed by atoms with Crippen LogP contribution in [-0.4, -0.2) is 44.3 Å². The highest BCUT2D eigenvalue weighted by Crippen LogP contribution is 2.25. The van der Waals surface area contributed by atoms with Gasteiger partial charge >= 0.3 is 0 Å². The fourth-order valence-electron chi connectivity index (χ4n) is 3.90. The predicted molar refractivity (Wildman–Crippen MR) is 156 cm³/mol. The number of hydrogen-bond donors (Lipinski definition) is 1. The summed E-state index contributed by atoms with van der Waals surface area (Å²) >= 11 is 6.04. The van der Waals surface area contributed by atoms with Crippen molar-refractivity contribution in [3.8, 4) is 0 Å². The highest BCUT2D eigenvalue weighted by atomic mass is 35.5.